The second-order valence-corrected chi connectivity index (χ2v) is 8.07. The Labute approximate surface area is 175 Å². The first-order chi connectivity index (χ1) is 14.6. The van der Waals surface area contributed by atoms with Gasteiger partial charge in [-0.3, -0.25) is 4.79 Å². The fourth-order valence-corrected chi connectivity index (χ4v) is 4.32. The SMILES string of the molecule is Cc1cc(C)n2cc(CNCc3c(C(=O)N4CCCC4)nc4ccccn34)nc2c1. The van der Waals surface area contributed by atoms with Gasteiger partial charge in [0.1, 0.15) is 11.3 Å². The van der Waals surface area contributed by atoms with Gasteiger partial charge < -0.3 is 19.0 Å². The van der Waals surface area contributed by atoms with Gasteiger partial charge in [0.25, 0.3) is 5.91 Å². The highest BCUT2D eigenvalue weighted by molar-refractivity contribution is 5.94. The summed E-state index contributed by atoms with van der Waals surface area (Å²) >= 11 is 0. The third-order valence-corrected chi connectivity index (χ3v) is 5.78. The van der Waals surface area contributed by atoms with Crippen LogP contribution in [0, 0.1) is 13.8 Å². The maximum Gasteiger partial charge on any atom is 0.274 e. The number of likely N-dealkylation sites (tertiary alicyclic amines) is 1. The summed E-state index contributed by atoms with van der Waals surface area (Å²) in [5, 5.41) is 3.47. The highest BCUT2D eigenvalue weighted by Crippen LogP contribution is 2.18. The molecule has 0 radical (unpaired) electrons. The highest BCUT2D eigenvalue weighted by Gasteiger charge is 2.25. The molecule has 4 aromatic heterocycles. The fraction of sp³-hybridized carbons (Fsp3) is 0.348. The molecule has 5 heterocycles. The van der Waals surface area contributed by atoms with Crippen LogP contribution in [0.15, 0.2) is 42.7 Å². The molecular weight excluding hydrogens is 376 g/mol. The van der Waals surface area contributed by atoms with E-state index in [1.807, 2.05) is 33.7 Å². The van der Waals surface area contributed by atoms with Crippen LogP contribution in [0.4, 0.5) is 0 Å². The topological polar surface area (TPSA) is 66.9 Å². The van der Waals surface area contributed by atoms with E-state index in [4.69, 9.17) is 4.98 Å². The number of rotatable bonds is 5. The molecule has 1 saturated heterocycles. The second kappa shape index (κ2) is 7.57. The van der Waals surface area contributed by atoms with Crippen molar-refractivity contribution in [2.24, 2.45) is 0 Å². The van der Waals surface area contributed by atoms with Crippen LogP contribution in [-0.4, -0.2) is 42.7 Å². The van der Waals surface area contributed by atoms with Gasteiger partial charge in [0.2, 0.25) is 0 Å². The summed E-state index contributed by atoms with van der Waals surface area (Å²) in [6.45, 7) is 6.99. The molecule has 154 valence electrons. The number of nitrogens with zero attached hydrogens (tertiary/aromatic N) is 5. The fourth-order valence-electron chi connectivity index (χ4n) is 4.32. The molecule has 0 saturated carbocycles. The number of hydrogen-bond donors (Lipinski definition) is 1. The Bertz CT molecular complexity index is 1230. The Morgan fingerprint density at radius 1 is 1.03 bits per heavy atom. The Morgan fingerprint density at radius 3 is 2.70 bits per heavy atom. The summed E-state index contributed by atoms with van der Waals surface area (Å²) in [6, 6.07) is 10.1. The molecule has 0 atom stereocenters. The monoisotopic (exact) mass is 402 g/mol. The van der Waals surface area contributed by atoms with Gasteiger partial charge in [-0.1, -0.05) is 6.07 Å². The zero-order chi connectivity index (χ0) is 20.7. The quantitative estimate of drug-likeness (QED) is 0.557. The normalized spacial score (nSPS) is 14.3. The maximum absolute atomic E-state index is 13.1. The lowest BCUT2D eigenvalue weighted by Crippen LogP contribution is -2.29. The third kappa shape index (κ3) is 3.35. The zero-order valence-corrected chi connectivity index (χ0v) is 17.4. The Kier molecular flexibility index (Phi) is 4.75. The Hall–Kier alpha value is -3.19. The molecule has 0 aliphatic carbocycles. The molecule has 0 unspecified atom stereocenters. The largest absolute Gasteiger partial charge is 0.337 e. The maximum atomic E-state index is 13.1. The number of carbonyl (C=O) groups is 1. The van der Waals surface area contributed by atoms with E-state index in [1.54, 1.807) is 0 Å². The summed E-state index contributed by atoms with van der Waals surface area (Å²) in [7, 11) is 0. The Balaban J connectivity index is 1.39. The lowest BCUT2D eigenvalue weighted by atomic mass is 10.2. The van der Waals surface area contributed by atoms with E-state index in [0.717, 1.165) is 48.6 Å². The second-order valence-electron chi connectivity index (χ2n) is 8.07. The molecule has 1 fully saturated rings. The van der Waals surface area contributed by atoms with E-state index in [1.165, 1.54) is 11.3 Å². The highest BCUT2D eigenvalue weighted by atomic mass is 16.2. The molecule has 5 rings (SSSR count). The number of carbonyl (C=O) groups excluding carboxylic acids is 1. The van der Waals surface area contributed by atoms with Gasteiger partial charge in [-0.25, -0.2) is 9.97 Å². The van der Waals surface area contributed by atoms with E-state index in [9.17, 15) is 4.79 Å². The van der Waals surface area contributed by atoms with Gasteiger partial charge in [0.05, 0.1) is 11.4 Å². The van der Waals surface area contributed by atoms with Gasteiger partial charge in [-0.15, -0.1) is 0 Å². The zero-order valence-electron chi connectivity index (χ0n) is 17.4. The molecule has 0 bridgehead atoms. The number of amides is 1. The lowest BCUT2D eigenvalue weighted by Gasteiger charge is -2.14. The van der Waals surface area contributed by atoms with Crippen LogP contribution in [-0.2, 0) is 13.1 Å². The molecule has 4 aromatic rings. The van der Waals surface area contributed by atoms with Crippen LogP contribution in [0.3, 0.4) is 0 Å². The molecule has 1 aliphatic heterocycles. The van der Waals surface area contributed by atoms with E-state index in [2.05, 4.69) is 46.9 Å². The summed E-state index contributed by atoms with van der Waals surface area (Å²) in [6.07, 6.45) is 6.18. The minimum Gasteiger partial charge on any atom is -0.337 e. The summed E-state index contributed by atoms with van der Waals surface area (Å²) in [5.74, 6) is 0.0341. The van der Waals surface area contributed by atoms with Crippen molar-refractivity contribution in [3.05, 3.63) is 71.1 Å². The first-order valence-corrected chi connectivity index (χ1v) is 10.5. The van der Waals surface area contributed by atoms with Gasteiger partial charge in [0, 0.05) is 44.3 Å². The molecule has 7 heteroatoms. The predicted octanol–water partition coefficient (Wildman–Crippen LogP) is 3.12. The van der Waals surface area contributed by atoms with Crippen LogP contribution >= 0.6 is 0 Å². The van der Waals surface area contributed by atoms with Crippen molar-refractivity contribution >= 4 is 17.2 Å². The molecule has 0 aromatic carbocycles. The molecule has 1 N–H and O–H groups in total. The van der Waals surface area contributed by atoms with Crippen molar-refractivity contribution in [3.8, 4) is 0 Å². The van der Waals surface area contributed by atoms with Crippen molar-refractivity contribution in [3.63, 3.8) is 0 Å². The summed E-state index contributed by atoms with van der Waals surface area (Å²) in [4.78, 5) is 24.4. The summed E-state index contributed by atoms with van der Waals surface area (Å²) in [5.41, 5.74) is 6.57. The minimum absolute atomic E-state index is 0.0341. The average molecular weight is 403 g/mol. The van der Waals surface area contributed by atoms with Gasteiger partial charge >= 0.3 is 0 Å². The van der Waals surface area contributed by atoms with Crippen LogP contribution in [0.1, 0.15) is 46.0 Å². The number of aromatic nitrogens is 4. The van der Waals surface area contributed by atoms with Gasteiger partial charge in [-0.2, -0.15) is 0 Å². The molecule has 0 spiro atoms. The van der Waals surface area contributed by atoms with Crippen LogP contribution in [0.2, 0.25) is 0 Å². The number of hydrogen-bond acceptors (Lipinski definition) is 4. The predicted molar refractivity (Wildman–Crippen MR) is 116 cm³/mol. The lowest BCUT2D eigenvalue weighted by molar-refractivity contribution is 0.0786. The number of pyridine rings is 2. The van der Waals surface area contributed by atoms with Crippen LogP contribution < -0.4 is 5.32 Å². The minimum atomic E-state index is 0.0341. The first-order valence-electron chi connectivity index (χ1n) is 10.5. The van der Waals surface area contributed by atoms with Gasteiger partial charge in [-0.05, 0) is 56.5 Å². The Morgan fingerprint density at radius 2 is 1.87 bits per heavy atom. The van der Waals surface area contributed by atoms with Crippen molar-refractivity contribution in [1.29, 1.82) is 0 Å². The molecule has 7 nitrogen and oxygen atoms in total. The summed E-state index contributed by atoms with van der Waals surface area (Å²) < 4.78 is 4.12. The van der Waals surface area contributed by atoms with E-state index < -0.39 is 0 Å². The average Bonchev–Trinajstić information content (AvgIpc) is 3.46. The number of imidazole rings is 2. The van der Waals surface area contributed by atoms with Crippen molar-refractivity contribution in [2.75, 3.05) is 13.1 Å². The van der Waals surface area contributed by atoms with Gasteiger partial charge in [0.15, 0.2) is 5.69 Å². The standard InChI is InChI=1S/C23H26N6O/c1-16-11-17(2)29-15-18(25-21(29)12-16)13-24-14-19-22(23(30)27-8-5-6-9-27)26-20-7-3-4-10-28(19)20/h3-4,7,10-12,15,24H,5-6,8-9,13-14H2,1-2H3. The van der Waals surface area contributed by atoms with Crippen LogP contribution in [0.5, 0.6) is 0 Å². The number of fused-ring (bicyclic) bond motifs is 2. The van der Waals surface area contributed by atoms with Crippen molar-refractivity contribution in [2.45, 2.75) is 39.8 Å². The number of nitrogens with one attached hydrogen (secondary N) is 1. The van der Waals surface area contributed by atoms with Crippen LogP contribution in [0.25, 0.3) is 11.3 Å². The molecule has 1 aliphatic rings. The number of aryl methyl sites for hydroxylation is 2. The van der Waals surface area contributed by atoms with E-state index in [0.29, 0.717) is 18.8 Å². The van der Waals surface area contributed by atoms with Crippen molar-refractivity contribution < 1.29 is 4.79 Å². The molecular formula is C23H26N6O. The molecule has 1 amide bonds. The third-order valence-electron chi connectivity index (χ3n) is 5.78. The molecule has 30 heavy (non-hydrogen) atoms. The van der Waals surface area contributed by atoms with E-state index >= 15 is 0 Å². The smallest absolute Gasteiger partial charge is 0.274 e. The first kappa shape index (κ1) is 18.8. The van der Waals surface area contributed by atoms with Crippen molar-refractivity contribution in [1.82, 2.24) is 29.0 Å². The van der Waals surface area contributed by atoms with E-state index in [-0.39, 0.29) is 5.91 Å².